The Labute approximate surface area is 189 Å². The number of hydrogen-bond donors (Lipinski definition) is 3. The van der Waals surface area contributed by atoms with E-state index in [9.17, 15) is 13.9 Å². The Balaban J connectivity index is 1.42. The summed E-state index contributed by atoms with van der Waals surface area (Å²) in [6, 6.07) is 3.07. The third-order valence-electron chi connectivity index (χ3n) is 6.69. The van der Waals surface area contributed by atoms with Crippen LogP contribution in [-0.2, 0) is 11.3 Å². The molecule has 2 saturated heterocycles. The van der Waals surface area contributed by atoms with E-state index >= 15 is 0 Å². The number of aromatic amines is 1. The summed E-state index contributed by atoms with van der Waals surface area (Å²) in [6.07, 6.45) is 1.79. The predicted octanol–water partition coefficient (Wildman–Crippen LogP) is 1.86. The number of aliphatic hydroxyl groups is 1. The molecule has 10 heteroatoms. The van der Waals surface area contributed by atoms with E-state index in [0.717, 1.165) is 44.1 Å². The fraction of sp³-hybridized carbons (Fsp3) is 0.435. The van der Waals surface area contributed by atoms with Crippen molar-refractivity contribution in [3.05, 3.63) is 46.8 Å². The number of piperidine rings is 1. The standard InChI is InChI=1S/C23H24F2N6O2/c1-13-20(26)23(12-33-13)4-6-31(7-5-23)22-18(11-32)27-19-17(29-30-21(19)28-22)3-2-14-8-15(24)10-16(25)9-14/h8-10,13,20,32H,4-7,11-12,26H2,1H3,(H,28,29,30)/t13-,20+/m0/s1. The highest BCUT2D eigenvalue weighted by molar-refractivity contribution is 5.78. The predicted molar refractivity (Wildman–Crippen MR) is 117 cm³/mol. The van der Waals surface area contributed by atoms with Crippen molar-refractivity contribution in [2.24, 2.45) is 11.1 Å². The summed E-state index contributed by atoms with van der Waals surface area (Å²) in [5, 5.41) is 16.9. The minimum atomic E-state index is -0.707. The Bertz CT molecular complexity index is 1240. The molecule has 3 aromatic rings. The zero-order valence-electron chi connectivity index (χ0n) is 18.1. The molecule has 33 heavy (non-hydrogen) atoms. The summed E-state index contributed by atoms with van der Waals surface area (Å²) in [7, 11) is 0. The maximum atomic E-state index is 13.4. The lowest BCUT2D eigenvalue weighted by atomic mass is 9.73. The van der Waals surface area contributed by atoms with Crippen LogP contribution in [0.5, 0.6) is 0 Å². The van der Waals surface area contributed by atoms with Crippen LogP contribution >= 0.6 is 0 Å². The molecule has 4 N–H and O–H groups in total. The summed E-state index contributed by atoms with van der Waals surface area (Å²) < 4.78 is 32.6. The van der Waals surface area contributed by atoms with E-state index in [0.29, 0.717) is 29.3 Å². The van der Waals surface area contributed by atoms with E-state index < -0.39 is 11.6 Å². The van der Waals surface area contributed by atoms with Crippen molar-refractivity contribution in [2.75, 3.05) is 24.6 Å². The molecule has 1 aromatic carbocycles. The van der Waals surface area contributed by atoms with Crippen LogP contribution in [0.25, 0.3) is 11.2 Å². The van der Waals surface area contributed by atoms with Crippen molar-refractivity contribution < 1.29 is 18.6 Å². The molecule has 1 spiro atoms. The number of rotatable bonds is 2. The van der Waals surface area contributed by atoms with Gasteiger partial charge in [0.25, 0.3) is 0 Å². The highest BCUT2D eigenvalue weighted by Crippen LogP contribution is 2.42. The molecule has 2 aliphatic heterocycles. The number of aliphatic hydroxyl groups excluding tert-OH is 1. The van der Waals surface area contributed by atoms with Gasteiger partial charge in [0.15, 0.2) is 17.2 Å². The number of nitrogens with zero attached hydrogens (tertiary/aromatic N) is 4. The van der Waals surface area contributed by atoms with E-state index in [1.54, 1.807) is 0 Å². The first-order chi connectivity index (χ1) is 15.9. The van der Waals surface area contributed by atoms with Crippen LogP contribution in [-0.4, -0.2) is 57.1 Å². The van der Waals surface area contributed by atoms with Crippen LogP contribution in [0.3, 0.4) is 0 Å². The molecule has 0 radical (unpaired) electrons. The first-order valence-corrected chi connectivity index (χ1v) is 10.8. The van der Waals surface area contributed by atoms with Gasteiger partial charge < -0.3 is 20.5 Å². The Morgan fingerprint density at radius 3 is 2.58 bits per heavy atom. The van der Waals surface area contributed by atoms with Gasteiger partial charge in [-0.3, -0.25) is 5.10 Å². The van der Waals surface area contributed by atoms with Crippen LogP contribution in [0, 0.1) is 28.9 Å². The van der Waals surface area contributed by atoms with Gasteiger partial charge in [-0.2, -0.15) is 5.10 Å². The van der Waals surface area contributed by atoms with E-state index in [-0.39, 0.29) is 35.4 Å². The van der Waals surface area contributed by atoms with Gasteiger partial charge in [-0.25, -0.2) is 18.7 Å². The van der Waals surface area contributed by atoms with Crippen molar-refractivity contribution in [1.29, 1.82) is 0 Å². The summed E-state index contributed by atoms with van der Waals surface area (Å²) in [5.41, 5.74) is 8.08. The van der Waals surface area contributed by atoms with Crippen molar-refractivity contribution in [1.82, 2.24) is 20.2 Å². The second-order valence-corrected chi connectivity index (χ2v) is 8.72. The number of hydrogen-bond acceptors (Lipinski definition) is 7. The highest BCUT2D eigenvalue weighted by atomic mass is 19.1. The second-order valence-electron chi connectivity index (χ2n) is 8.72. The van der Waals surface area contributed by atoms with Crippen LogP contribution in [0.15, 0.2) is 18.2 Å². The maximum Gasteiger partial charge on any atom is 0.177 e. The van der Waals surface area contributed by atoms with Crippen LogP contribution in [0.1, 0.15) is 36.7 Å². The number of ether oxygens (including phenoxy) is 1. The molecule has 0 saturated carbocycles. The average Bonchev–Trinajstić information content (AvgIpc) is 3.32. The third-order valence-corrected chi connectivity index (χ3v) is 6.69. The van der Waals surface area contributed by atoms with Crippen molar-refractivity contribution in [3.63, 3.8) is 0 Å². The van der Waals surface area contributed by atoms with Gasteiger partial charge in [-0.15, -0.1) is 0 Å². The molecule has 2 fully saturated rings. The number of nitrogens with two attached hydrogens (primary N) is 1. The van der Waals surface area contributed by atoms with Gasteiger partial charge >= 0.3 is 0 Å². The third kappa shape index (κ3) is 3.93. The van der Waals surface area contributed by atoms with Gasteiger partial charge in [0.2, 0.25) is 0 Å². The fourth-order valence-electron chi connectivity index (χ4n) is 4.71. The van der Waals surface area contributed by atoms with Crippen molar-refractivity contribution >= 4 is 17.0 Å². The van der Waals surface area contributed by atoms with Crippen LogP contribution < -0.4 is 10.6 Å². The van der Waals surface area contributed by atoms with Crippen LogP contribution in [0.4, 0.5) is 14.6 Å². The normalized spacial score (nSPS) is 22.0. The Morgan fingerprint density at radius 1 is 1.21 bits per heavy atom. The topological polar surface area (TPSA) is 113 Å². The summed E-state index contributed by atoms with van der Waals surface area (Å²) in [6.45, 7) is 3.83. The summed E-state index contributed by atoms with van der Waals surface area (Å²) >= 11 is 0. The Hall–Kier alpha value is -3.13. The van der Waals surface area contributed by atoms with E-state index in [1.807, 2.05) is 6.92 Å². The van der Waals surface area contributed by atoms with Gasteiger partial charge in [-0.05, 0) is 37.8 Å². The molecule has 4 heterocycles. The molecule has 8 nitrogen and oxygen atoms in total. The monoisotopic (exact) mass is 454 g/mol. The summed E-state index contributed by atoms with van der Waals surface area (Å²) in [4.78, 5) is 11.3. The number of halogens is 2. The Morgan fingerprint density at radius 2 is 1.94 bits per heavy atom. The zero-order chi connectivity index (χ0) is 23.2. The molecule has 0 amide bonds. The van der Waals surface area contributed by atoms with Gasteiger partial charge in [-0.1, -0.05) is 5.92 Å². The van der Waals surface area contributed by atoms with E-state index in [2.05, 4.69) is 36.9 Å². The SMILES string of the molecule is C[C@@H]1OCC2(CCN(c3nc4[nH]nc(C#Cc5cc(F)cc(F)c5)c4nc3CO)CC2)[C@@H]1N. The number of H-pyrrole nitrogens is 1. The second kappa shape index (κ2) is 8.33. The molecule has 2 atom stereocenters. The smallest absolute Gasteiger partial charge is 0.177 e. The van der Waals surface area contributed by atoms with Crippen LogP contribution in [0.2, 0.25) is 0 Å². The molecule has 2 aromatic heterocycles. The molecule has 0 bridgehead atoms. The highest BCUT2D eigenvalue weighted by Gasteiger charge is 2.47. The number of nitrogens with one attached hydrogen (secondary N) is 1. The molecular formula is C23H24F2N6O2. The molecular weight excluding hydrogens is 430 g/mol. The van der Waals surface area contributed by atoms with Crippen molar-refractivity contribution in [2.45, 2.75) is 38.5 Å². The number of aromatic nitrogens is 4. The lowest BCUT2D eigenvalue weighted by molar-refractivity contribution is 0.0973. The number of benzene rings is 1. The lowest BCUT2D eigenvalue weighted by Crippen LogP contribution is -2.51. The molecule has 0 unspecified atom stereocenters. The average molecular weight is 454 g/mol. The number of anilines is 1. The molecule has 5 rings (SSSR count). The fourth-order valence-corrected chi connectivity index (χ4v) is 4.71. The van der Waals surface area contributed by atoms with Gasteiger partial charge in [0.05, 0.1) is 19.3 Å². The summed E-state index contributed by atoms with van der Waals surface area (Å²) in [5.74, 6) is 4.65. The quantitative estimate of drug-likeness (QED) is 0.507. The first kappa shape index (κ1) is 21.7. The van der Waals surface area contributed by atoms with Crippen molar-refractivity contribution in [3.8, 4) is 11.8 Å². The van der Waals surface area contributed by atoms with E-state index in [4.69, 9.17) is 10.5 Å². The maximum absolute atomic E-state index is 13.4. The van der Waals surface area contributed by atoms with Gasteiger partial charge in [0.1, 0.15) is 22.8 Å². The first-order valence-electron chi connectivity index (χ1n) is 10.8. The Kier molecular flexibility index (Phi) is 5.48. The minimum absolute atomic E-state index is 0.00540. The largest absolute Gasteiger partial charge is 0.390 e. The minimum Gasteiger partial charge on any atom is -0.390 e. The molecule has 2 aliphatic rings. The lowest BCUT2D eigenvalue weighted by Gasteiger charge is -2.41. The van der Waals surface area contributed by atoms with Gasteiger partial charge in [0, 0.05) is 36.2 Å². The zero-order valence-corrected chi connectivity index (χ0v) is 18.1. The molecule has 0 aliphatic carbocycles. The number of fused-ring (bicyclic) bond motifs is 1. The molecule has 172 valence electrons. The van der Waals surface area contributed by atoms with E-state index in [1.165, 1.54) is 0 Å².